The molecule has 1 N–H and O–H groups in total. The molecule has 0 saturated carbocycles. The molecule has 0 bridgehead atoms. The minimum absolute atomic E-state index is 0.116. The number of carbonyl (C=O) groups is 1. The third-order valence-electron chi connectivity index (χ3n) is 3.87. The van der Waals surface area contributed by atoms with Gasteiger partial charge in [-0.25, -0.2) is 0 Å². The van der Waals surface area contributed by atoms with E-state index in [1.807, 2.05) is 0 Å². The van der Waals surface area contributed by atoms with E-state index >= 15 is 0 Å². The van der Waals surface area contributed by atoms with Crippen molar-refractivity contribution in [2.24, 2.45) is 0 Å². The molecule has 0 spiro atoms. The Kier molecular flexibility index (Phi) is 6.98. The van der Waals surface area contributed by atoms with Crippen LogP contribution < -0.4 is 0 Å². The molecule has 0 aliphatic carbocycles. The molecule has 0 radical (unpaired) electrons. The number of aromatic nitrogens is 1. The van der Waals surface area contributed by atoms with Gasteiger partial charge in [0, 0.05) is 17.1 Å². The number of nitriles is 1. The van der Waals surface area contributed by atoms with E-state index in [-0.39, 0.29) is 26.2 Å². The van der Waals surface area contributed by atoms with Gasteiger partial charge in [0.15, 0.2) is 5.66 Å². The minimum Gasteiger partial charge on any atom is -0.465 e. The molecular weight excluding hydrogens is 355 g/mol. The fourth-order valence-electron chi connectivity index (χ4n) is 2.76. The number of aromatic amines is 1. The van der Waals surface area contributed by atoms with Gasteiger partial charge in [0.25, 0.3) is 0 Å². The number of nitrogens with zero attached hydrogens (tertiary/aromatic N) is 1. The highest BCUT2D eigenvalue weighted by atomic mass is 31.2. The molecule has 2 rings (SSSR count). The summed E-state index contributed by atoms with van der Waals surface area (Å²) in [5.74, 6) is -0.622. The number of fused-ring (bicyclic) bond motifs is 1. The van der Waals surface area contributed by atoms with Crippen LogP contribution in [0.2, 0.25) is 0 Å². The number of rotatable bonds is 9. The van der Waals surface area contributed by atoms with E-state index in [1.165, 1.54) is 0 Å². The number of carbonyl (C=O) groups excluding carboxylic acids is 1. The van der Waals surface area contributed by atoms with Gasteiger partial charge in [0.2, 0.25) is 0 Å². The van der Waals surface area contributed by atoms with Gasteiger partial charge in [0.1, 0.15) is 0 Å². The second-order valence-corrected chi connectivity index (χ2v) is 7.75. The Hall–Kier alpha value is -2.13. The van der Waals surface area contributed by atoms with Crippen LogP contribution in [0, 0.1) is 11.3 Å². The normalized spacial score (nSPS) is 12.7. The summed E-state index contributed by atoms with van der Waals surface area (Å²) in [7, 11) is -3.71. The van der Waals surface area contributed by atoms with Crippen LogP contribution in [0.4, 0.5) is 0 Å². The van der Waals surface area contributed by atoms with Gasteiger partial charge < -0.3 is 18.8 Å². The van der Waals surface area contributed by atoms with Crippen LogP contribution in [0.3, 0.4) is 0 Å². The molecule has 1 aromatic carbocycles. The van der Waals surface area contributed by atoms with Crippen LogP contribution in [0.15, 0.2) is 24.4 Å². The number of ether oxygens (including phenoxy) is 1. The molecule has 1 aromatic heterocycles. The number of esters is 1. The maximum Gasteiger partial charge on any atom is 0.345 e. The minimum atomic E-state index is -3.71. The van der Waals surface area contributed by atoms with E-state index in [2.05, 4.69) is 11.1 Å². The van der Waals surface area contributed by atoms with Gasteiger partial charge in [-0.05, 0) is 51.0 Å². The molecule has 140 valence electrons. The van der Waals surface area contributed by atoms with Gasteiger partial charge in [-0.2, -0.15) is 5.26 Å². The summed E-state index contributed by atoms with van der Waals surface area (Å²) in [5.41, 5.74) is 0.995. The zero-order chi connectivity index (χ0) is 19.2. The van der Waals surface area contributed by atoms with Crippen molar-refractivity contribution in [3.63, 3.8) is 0 Å². The average Bonchev–Trinajstić information content (AvgIpc) is 3.02. The fourth-order valence-corrected chi connectivity index (χ4v) is 4.67. The summed E-state index contributed by atoms with van der Waals surface area (Å²) >= 11 is 0. The van der Waals surface area contributed by atoms with E-state index < -0.39 is 19.2 Å². The zero-order valence-electron chi connectivity index (χ0n) is 15.2. The lowest BCUT2D eigenvalue weighted by atomic mass is 10.1. The van der Waals surface area contributed by atoms with E-state index in [4.69, 9.17) is 19.0 Å². The van der Waals surface area contributed by atoms with Gasteiger partial charge in [-0.1, -0.05) is 0 Å². The third kappa shape index (κ3) is 4.34. The molecule has 8 heteroatoms. The number of nitrogens with one attached hydrogen (secondary N) is 1. The molecule has 7 nitrogen and oxygen atoms in total. The van der Waals surface area contributed by atoms with Crippen LogP contribution >= 0.6 is 7.60 Å². The van der Waals surface area contributed by atoms with Crippen molar-refractivity contribution in [3.05, 3.63) is 35.5 Å². The fraction of sp³-hybridized carbons (Fsp3) is 0.444. The average molecular weight is 378 g/mol. The molecule has 0 saturated heterocycles. The molecule has 1 atom stereocenters. The molecule has 1 unspecified atom stereocenters. The van der Waals surface area contributed by atoms with E-state index in [0.29, 0.717) is 5.56 Å². The van der Waals surface area contributed by atoms with Crippen molar-refractivity contribution < 1.29 is 23.1 Å². The highest BCUT2D eigenvalue weighted by Gasteiger charge is 2.42. The molecular formula is C18H23N2O5P. The standard InChI is InChI=1S/C18H23N2O5P/c1-4-23-18(21)17(26(22,24-5-2)25-6-3)10-14-12-20-16-8-7-13(11-19)9-15(14)16/h7-9,12,17,20H,4-6,10H2,1-3H3. The summed E-state index contributed by atoms with van der Waals surface area (Å²) in [5, 5.41) is 9.91. The van der Waals surface area contributed by atoms with E-state index in [1.54, 1.807) is 45.2 Å². The summed E-state index contributed by atoms with van der Waals surface area (Å²) in [6.45, 7) is 5.54. The number of hydrogen-bond acceptors (Lipinski definition) is 6. The highest BCUT2D eigenvalue weighted by molar-refractivity contribution is 7.55. The largest absolute Gasteiger partial charge is 0.465 e. The lowest BCUT2D eigenvalue weighted by molar-refractivity contribution is -0.143. The quantitative estimate of drug-likeness (QED) is 0.526. The second kappa shape index (κ2) is 9.00. The molecule has 26 heavy (non-hydrogen) atoms. The Morgan fingerprint density at radius 3 is 2.50 bits per heavy atom. The Morgan fingerprint density at radius 1 is 1.23 bits per heavy atom. The van der Waals surface area contributed by atoms with Gasteiger partial charge >= 0.3 is 13.6 Å². The molecule has 0 fully saturated rings. The molecule has 0 aliphatic rings. The number of benzene rings is 1. The van der Waals surface area contributed by atoms with Crippen LogP contribution in [0.25, 0.3) is 10.9 Å². The van der Waals surface area contributed by atoms with Crippen LogP contribution in [0.1, 0.15) is 31.9 Å². The maximum atomic E-state index is 13.2. The first kappa shape index (κ1) is 20.2. The third-order valence-corrected chi connectivity index (χ3v) is 6.26. The highest BCUT2D eigenvalue weighted by Crippen LogP contribution is 2.54. The monoisotopic (exact) mass is 378 g/mol. The van der Waals surface area contributed by atoms with Gasteiger partial charge in [0.05, 0.1) is 31.5 Å². The van der Waals surface area contributed by atoms with Crippen molar-refractivity contribution in [2.75, 3.05) is 19.8 Å². The van der Waals surface area contributed by atoms with Crippen molar-refractivity contribution in [3.8, 4) is 6.07 Å². The Bertz CT molecular complexity index is 845. The Morgan fingerprint density at radius 2 is 1.92 bits per heavy atom. The first-order valence-electron chi connectivity index (χ1n) is 8.54. The summed E-state index contributed by atoms with van der Waals surface area (Å²) in [4.78, 5) is 15.6. The predicted molar refractivity (Wildman–Crippen MR) is 98.0 cm³/mol. The van der Waals surface area contributed by atoms with Crippen molar-refractivity contribution >= 4 is 24.5 Å². The second-order valence-electron chi connectivity index (χ2n) is 5.53. The Balaban J connectivity index is 2.45. The van der Waals surface area contributed by atoms with Crippen LogP contribution in [0.5, 0.6) is 0 Å². The molecule has 1 heterocycles. The number of H-pyrrole nitrogens is 1. The zero-order valence-corrected chi connectivity index (χ0v) is 16.0. The van der Waals surface area contributed by atoms with Crippen molar-refractivity contribution in [1.82, 2.24) is 4.98 Å². The molecule has 0 aliphatic heterocycles. The van der Waals surface area contributed by atoms with Crippen molar-refractivity contribution in [1.29, 1.82) is 5.26 Å². The molecule has 0 amide bonds. The Labute approximate surface area is 152 Å². The first-order valence-corrected chi connectivity index (χ1v) is 10.2. The smallest absolute Gasteiger partial charge is 0.345 e. The SMILES string of the molecule is CCOC(=O)C(Cc1c[nH]c2ccc(C#N)cc12)P(=O)(OCC)OCC. The summed E-state index contributed by atoms with van der Waals surface area (Å²) < 4.78 is 29.1. The maximum absolute atomic E-state index is 13.2. The summed E-state index contributed by atoms with van der Waals surface area (Å²) in [6.07, 6.45) is 1.85. The van der Waals surface area contributed by atoms with Crippen molar-refractivity contribution in [2.45, 2.75) is 32.9 Å². The predicted octanol–water partition coefficient (Wildman–Crippen LogP) is 3.78. The van der Waals surface area contributed by atoms with Crippen LogP contribution in [-0.4, -0.2) is 36.4 Å². The van der Waals surface area contributed by atoms with Crippen LogP contribution in [-0.2, 0) is 29.6 Å². The number of hydrogen-bond donors (Lipinski definition) is 1. The van der Waals surface area contributed by atoms with Gasteiger partial charge in [-0.15, -0.1) is 0 Å². The lowest BCUT2D eigenvalue weighted by Gasteiger charge is -2.24. The lowest BCUT2D eigenvalue weighted by Crippen LogP contribution is -2.28. The van der Waals surface area contributed by atoms with Gasteiger partial charge in [-0.3, -0.25) is 9.36 Å². The first-order chi connectivity index (χ1) is 12.5. The topological polar surface area (TPSA) is 101 Å². The van der Waals surface area contributed by atoms with E-state index in [9.17, 15) is 9.36 Å². The van der Waals surface area contributed by atoms with E-state index in [0.717, 1.165) is 16.5 Å². The summed E-state index contributed by atoms with van der Waals surface area (Å²) in [6, 6.07) is 7.32. The molecule has 2 aromatic rings.